The third-order valence-corrected chi connectivity index (χ3v) is 2.65. The van der Waals surface area contributed by atoms with Gasteiger partial charge in [0.25, 0.3) is 0 Å². The summed E-state index contributed by atoms with van der Waals surface area (Å²) in [6.45, 7) is 1.22. The van der Waals surface area contributed by atoms with E-state index in [2.05, 4.69) is 4.74 Å². The van der Waals surface area contributed by atoms with Crippen molar-refractivity contribution in [2.24, 2.45) is 5.73 Å². The Hall–Kier alpha value is -0.810. The van der Waals surface area contributed by atoms with Crippen LogP contribution < -0.4 is 5.73 Å². The van der Waals surface area contributed by atoms with Gasteiger partial charge >= 0.3 is 6.09 Å². The van der Waals surface area contributed by atoms with Crippen LogP contribution in [0.3, 0.4) is 0 Å². The third kappa shape index (κ3) is 2.59. The highest BCUT2D eigenvalue weighted by Gasteiger charge is 2.33. The molecule has 0 bridgehead atoms. The largest absolute Gasteiger partial charge is 0.453 e. The summed E-state index contributed by atoms with van der Waals surface area (Å²) in [5, 5.41) is 8.85. The zero-order valence-electron chi connectivity index (χ0n) is 8.53. The molecule has 0 aromatic heterocycles. The summed E-state index contributed by atoms with van der Waals surface area (Å²) in [6, 6.07) is 0. The molecule has 1 unspecified atom stereocenters. The molecule has 0 spiro atoms. The van der Waals surface area contributed by atoms with Crippen molar-refractivity contribution in [1.82, 2.24) is 4.90 Å². The van der Waals surface area contributed by atoms with Crippen LogP contribution in [0.25, 0.3) is 0 Å². The second-order valence-electron chi connectivity index (χ2n) is 3.83. The number of piperidine rings is 1. The average Bonchev–Trinajstić information content (AvgIpc) is 2.16. The Morgan fingerprint density at radius 3 is 3.00 bits per heavy atom. The van der Waals surface area contributed by atoms with Crippen molar-refractivity contribution in [3.8, 4) is 0 Å². The number of carbonyl (C=O) groups excluding carboxylic acids is 1. The first kappa shape index (κ1) is 11.3. The lowest BCUT2D eigenvalue weighted by Gasteiger charge is -2.39. The molecule has 14 heavy (non-hydrogen) atoms. The van der Waals surface area contributed by atoms with Crippen LogP contribution in [0.5, 0.6) is 0 Å². The van der Waals surface area contributed by atoms with Gasteiger partial charge in [-0.1, -0.05) is 0 Å². The normalized spacial score (nSPS) is 27.5. The average molecular weight is 202 g/mol. The van der Waals surface area contributed by atoms with Crippen molar-refractivity contribution in [3.05, 3.63) is 0 Å². The van der Waals surface area contributed by atoms with Gasteiger partial charge < -0.3 is 20.5 Å². The molecule has 3 N–H and O–H groups in total. The van der Waals surface area contributed by atoms with Crippen LogP contribution in [-0.2, 0) is 4.74 Å². The molecule has 0 aromatic rings. The molecule has 1 aliphatic rings. The molecule has 5 heteroatoms. The van der Waals surface area contributed by atoms with E-state index in [0.29, 0.717) is 19.5 Å². The number of rotatable bonds is 2. The Kier molecular flexibility index (Phi) is 3.71. The minimum atomic E-state index is -0.443. The number of ether oxygens (including phenoxy) is 1. The van der Waals surface area contributed by atoms with Gasteiger partial charge in [-0.2, -0.15) is 0 Å². The maximum Gasteiger partial charge on any atom is 0.409 e. The van der Waals surface area contributed by atoms with Crippen molar-refractivity contribution in [1.29, 1.82) is 0 Å². The fourth-order valence-corrected chi connectivity index (χ4v) is 1.87. The zero-order valence-corrected chi connectivity index (χ0v) is 8.53. The van der Waals surface area contributed by atoms with Gasteiger partial charge in [0, 0.05) is 25.2 Å². The molecule has 1 aliphatic heterocycles. The van der Waals surface area contributed by atoms with Crippen molar-refractivity contribution in [2.45, 2.75) is 24.8 Å². The molecule has 1 rings (SSSR count). The molecular weight excluding hydrogens is 184 g/mol. The fourth-order valence-electron chi connectivity index (χ4n) is 1.87. The van der Waals surface area contributed by atoms with Gasteiger partial charge in [0.2, 0.25) is 0 Å². The molecular formula is C9H18N2O3. The van der Waals surface area contributed by atoms with Gasteiger partial charge in [-0.05, 0) is 19.3 Å². The molecule has 1 amide bonds. The Morgan fingerprint density at radius 2 is 2.43 bits per heavy atom. The number of methoxy groups -OCH3 is 1. The minimum absolute atomic E-state index is 0.0610. The number of carbonyl (C=O) groups is 1. The smallest absolute Gasteiger partial charge is 0.409 e. The molecule has 0 saturated carbocycles. The summed E-state index contributed by atoms with van der Waals surface area (Å²) in [5.41, 5.74) is 5.60. The van der Waals surface area contributed by atoms with Crippen molar-refractivity contribution in [2.75, 3.05) is 26.8 Å². The molecule has 0 aromatic carbocycles. The summed E-state index contributed by atoms with van der Waals surface area (Å²) in [7, 11) is 1.36. The molecule has 82 valence electrons. The lowest BCUT2D eigenvalue weighted by Crippen LogP contribution is -2.56. The molecule has 5 nitrogen and oxygen atoms in total. The summed E-state index contributed by atoms with van der Waals surface area (Å²) in [4.78, 5) is 12.8. The minimum Gasteiger partial charge on any atom is -0.453 e. The Morgan fingerprint density at radius 1 is 1.71 bits per heavy atom. The number of nitrogens with zero attached hydrogens (tertiary/aromatic N) is 1. The highest BCUT2D eigenvalue weighted by atomic mass is 16.5. The molecule has 0 radical (unpaired) electrons. The molecule has 1 fully saturated rings. The number of likely N-dealkylation sites (tertiary alicyclic amines) is 1. The van der Waals surface area contributed by atoms with Crippen molar-refractivity contribution < 1.29 is 14.6 Å². The second kappa shape index (κ2) is 4.61. The van der Waals surface area contributed by atoms with Gasteiger partial charge in [-0.3, -0.25) is 0 Å². The summed E-state index contributed by atoms with van der Waals surface area (Å²) < 4.78 is 4.63. The lowest BCUT2D eigenvalue weighted by atomic mass is 9.87. The van der Waals surface area contributed by atoms with Gasteiger partial charge in [0.1, 0.15) is 0 Å². The molecule has 1 atom stereocenters. The monoisotopic (exact) mass is 202 g/mol. The predicted octanol–water partition coefficient (Wildman–Crippen LogP) is -0.0715. The standard InChI is InChI=1S/C9H18N2O3/c1-14-8(13)11-5-2-3-9(10,7-11)4-6-12/h12H,2-7,10H2,1H3. The first-order valence-corrected chi connectivity index (χ1v) is 4.84. The van der Waals surface area contributed by atoms with Crippen LogP contribution in [-0.4, -0.2) is 48.4 Å². The number of hydrogen-bond donors (Lipinski definition) is 2. The molecule has 0 aliphatic carbocycles. The zero-order chi connectivity index (χ0) is 10.6. The number of amides is 1. The lowest BCUT2D eigenvalue weighted by molar-refractivity contribution is 0.0862. The second-order valence-corrected chi connectivity index (χ2v) is 3.83. The summed E-state index contributed by atoms with van der Waals surface area (Å²) in [5.74, 6) is 0. The molecule has 1 saturated heterocycles. The van der Waals surface area contributed by atoms with E-state index in [9.17, 15) is 4.79 Å². The van der Waals surface area contributed by atoms with E-state index >= 15 is 0 Å². The van der Waals surface area contributed by atoms with E-state index in [0.717, 1.165) is 12.8 Å². The number of aliphatic hydroxyl groups is 1. The highest BCUT2D eigenvalue weighted by molar-refractivity contribution is 5.67. The Bertz CT molecular complexity index is 206. The van der Waals surface area contributed by atoms with Gasteiger partial charge in [0.05, 0.1) is 7.11 Å². The van der Waals surface area contributed by atoms with Crippen LogP contribution in [0.1, 0.15) is 19.3 Å². The Labute approximate surface area is 83.8 Å². The van der Waals surface area contributed by atoms with Crippen LogP contribution >= 0.6 is 0 Å². The Balaban J connectivity index is 2.54. The van der Waals surface area contributed by atoms with E-state index in [4.69, 9.17) is 10.8 Å². The van der Waals surface area contributed by atoms with E-state index in [1.807, 2.05) is 0 Å². The third-order valence-electron chi connectivity index (χ3n) is 2.65. The first-order chi connectivity index (χ1) is 6.61. The van der Waals surface area contributed by atoms with Crippen LogP contribution in [0.2, 0.25) is 0 Å². The summed E-state index contributed by atoms with van der Waals surface area (Å²) in [6.07, 6.45) is 1.91. The topological polar surface area (TPSA) is 75.8 Å². The van der Waals surface area contributed by atoms with E-state index in [1.54, 1.807) is 4.90 Å². The van der Waals surface area contributed by atoms with Crippen molar-refractivity contribution >= 4 is 6.09 Å². The fraction of sp³-hybridized carbons (Fsp3) is 0.889. The maximum atomic E-state index is 11.2. The maximum absolute atomic E-state index is 11.2. The SMILES string of the molecule is COC(=O)N1CCCC(N)(CCO)C1. The van der Waals surface area contributed by atoms with Crippen molar-refractivity contribution in [3.63, 3.8) is 0 Å². The van der Waals surface area contributed by atoms with Gasteiger partial charge in [0.15, 0.2) is 0 Å². The number of aliphatic hydroxyl groups excluding tert-OH is 1. The van der Waals surface area contributed by atoms with Crippen LogP contribution in [0.4, 0.5) is 4.79 Å². The predicted molar refractivity (Wildman–Crippen MR) is 51.8 cm³/mol. The molecule has 1 heterocycles. The van der Waals surface area contributed by atoms with E-state index < -0.39 is 5.54 Å². The highest BCUT2D eigenvalue weighted by Crippen LogP contribution is 2.22. The number of hydrogen-bond acceptors (Lipinski definition) is 4. The quantitative estimate of drug-likeness (QED) is 0.657. The van der Waals surface area contributed by atoms with Gasteiger partial charge in [-0.15, -0.1) is 0 Å². The van der Waals surface area contributed by atoms with E-state index in [-0.39, 0.29) is 12.7 Å². The number of nitrogens with two attached hydrogens (primary N) is 1. The van der Waals surface area contributed by atoms with E-state index in [1.165, 1.54) is 7.11 Å². The van der Waals surface area contributed by atoms with Crippen LogP contribution in [0, 0.1) is 0 Å². The van der Waals surface area contributed by atoms with Gasteiger partial charge in [-0.25, -0.2) is 4.79 Å². The first-order valence-electron chi connectivity index (χ1n) is 4.84. The summed E-state index contributed by atoms with van der Waals surface area (Å²) >= 11 is 0. The van der Waals surface area contributed by atoms with Crippen LogP contribution in [0.15, 0.2) is 0 Å².